The van der Waals surface area contributed by atoms with E-state index in [0.717, 1.165) is 38.8 Å². The standard InChI is InChI=1S/C15H30N2O2/c1-5-12(3)17-14(18)7-9-16-13-8-10-19-15(4,6-2)11-13/h12-13,16H,5-11H2,1-4H3,(H,17,18). The van der Waals surface area contributed by atoms with Gasteiger partial charge in [-0.3, -0.25) is 4.79 Å². The zero-order valence-electron chi connectivity index (χ0n) is 12.9. The van der Waals surface area contributed by atoms with Crippen LogP contribution in [-0.4, -0.2) is 36.7 Å². The minimum absolute atomic E-state index is 0.00883. The van der Waals surface area contributed by atoms with E-state index in [9.17, 15) is 4.79 Å². The van der Waals surface area contributed by atoms with E-state index in [1.54, 1.807) is 0 Å². The van der Waals surface area contributed by atoms with Gasteiger partial charge in [0.15, 0.2) is 0 Å². The molecule has 0 aromatic heterocycles. The number of hydrogen-bond acceptors (Lipinski definition) is 3. The SMILES string of the molecule is CCC(C)NC(=O)CCNC1CCOC(C)(CC)C1. The van der Waals surface area contributed by atoms with Gasteiger partial charge in [-0.1, -0.05) is 13.8 Å². The third-order valence-corrected chi connectivity index (χ3v) is 4.15. The summed E-state index contributed by atoms with van der Waals surface area (Å²) in [5.41, 5.74) is 0.00883. The molecule has 0 aliphatic carbocycles. The fourth-order valence-corrected chi connectivity index (χ4v) is 2.39. The molecular formula is C15H30N2O2. The van der Waals surface area contributed by atoms with Crippen LogP contribution in [0.25, 0.3) is 0 Å². The number of ether oxygens (including phenoxy) is 1. The highest BCUT2D eigenvalue weighted by atomic mass is 16.5. The highest BCUT2D eigenvalue weighted by Gasteiger charge is 2.31. The first-order chi connectivity index (χ1) is 8.99. The lowest BCUT2D eigenvalue weighted by molar-refractivity contribution is -0.121. The maximum atomic E-state index is 11.7. The van der Waals surface area contributed by atoms with Gasteiger partial charge in [0.05, 0.1) is 5.60 Å². The van der Waals surface area contributed by atoms with Crippen molar-refractivity contribution in [1.29, 1.82) is 0 Å². The first-order valence-electron chi connectivity index (χ1n) is 7.65. The second-order valence-corrected chi connectivity index (χ2v) is 5.92. The van der Waals surface area contributed by atoms with Crippen LogP contribution in [0.1, 0.15) is 59.8 Å². The summed E-state index contributed by atoms with van der Waals surface area (Å²) in [5, 5.41) is 6.48. The molecule has 1 fully saturated rings. The molecule has 19 heavy (non-hydrogen) atoms. The minimum Gasteiger partial charge on any atom is -0.375 e. The van der Waals surface area contributed by atoms with Crippen LogP contribution in [0.15, 0.2) is 0 Å². The Morgan fingerprint density at radius 3 is 2.84 bits per heavy atom. The smallest absolute Gasteiger partial charge is 0.221 e. The van der Waals surface area contributed by atoms with Gasteiger partial charge in [-0.2, -0.15) is 0 Å². The summed E-state index contributed by atoms with van der Waals surface area (Å²) in [4.78, 5) is 11.7. The summed E-state index contributed by atoms with van der Waals surface area (Å²) in [5.74, 6) is 0.146. The number of carbonyl (C=O) groups is 1. The van der Waals surface area contributed by atoms with Gasteiger partial charge in [-0.05, 0) is 39.5 Å². The predicted molar refractivity (Wildman–Crippen MR) is 78.2 cm³/mol. The van der Waals surface area contributed by atoms with Crippen molar-refractivity contribution in [3.05, 3.63) is 0 Å². The Hall–Kier alpha value is -0.610. The van der Waals surface area contributed by atoms with Gasteiger partial charge in [0.2, 0.25) is 5.91 Å². The molecule has 1 aliphatic rings. The molecule has 1 heterocycles. The van der Waals surface area contributed by atoms with Crippen LogP contribution >= 0.6 is 0 Å². The summed E-state index contributed by atoms with van der Waals surface area (Å²) in [6.07, 6.45) is 4.66. The summed E-state index contributed by atoms with van der Waals surface area (Å²) in [6.45, 7) is 10.0. The van der Waals surface area contributed by atoms with Gasteiger partial charge in [0, 0.05) is 31.7 Å². The number of carbonyl (C=O) groups excluding carboxylic acids is 1. The Morgan fingerprint density at radius 2 is 2.21 bits per heavy atom. The molecule has 2 N–H and O–H groups in total. The number of nitrogens with one attached hydrogen (secondary N) is 2. The van der Waals surface area contributed by atoms with E-state index < -0.39 is 0 Å². The van der Waals surface area contributed by atoms with Gasteiger partial charge in [0.1, 0.15) is 0 Å². The molecule has 0 spiro atoms. The van der Waals surface area contributed by atoms with E-state index in [1.165, 1.54) is 0 Å². The molecular weight excluding hydrogens is 240 g/mol. The third kappa shape index (κ3) is 5.91. The van der Waals surface area contributed by atoms with E-state index in [-0.39, 0.29) is 17.6 Å². The summed E-state index contributed by atoms with van der Waals surface area (Å²) in [6, 6.07) is 0.758. The first-order valence-corrected chi connectivity index (χ1v) is 7.65. The van der Waals surface area contributed by atoms with Gasteiger partial charge in [0.25, 0.3) is 0 Å². The van der Waals surface area contributed by atoms with Crippen LogP contribution < -0.4 is 10.6 Å². The largest absolute Gasteiger partial charge is 0.375 e. The van der Waals surface area contributed by atoms with E-state index in [0.29, 0.717) is 12.5 Å². The van der Waals surface area contributed by atoms with Gasteiger partial charge in [-0.15, -0.1) is 0 Å². The van der Waals surface area contributed by atoms with Crippen molar-refractivity contribution < 1.29 is 9.53 Å². The van der Waals surface area contributed by atoms with Crippen molar-refractivity contribution in [3.8, 4) is 0 Å². The fourth-order valence-electron chi connectivity index (χ4n) is 2.39. The van der Waals surface area contributed by atoms with E-state index in [4.69, 9.17) is 4.74 Å². The molecule has 1 amide bonds. The number of rotatable bonds is 7. The molecule has 0 radical (unpaired) electrons. The molecule has 4 nitrogen and oxygen atoms in total. The van der Waals surface area contributed by atoms with E-state index in [2.05, 4.69) is 31.4 Å². The highest BCUT2D eigenvalue weighted by molar-refractivity contribution is 5.76. The van der Waals surface area contributed by atoms with Crippen LogP contribution in [0.3, 0.4) is 0 Å². The molecule has 3 unspecified atom stereocenters. The Labute approximate surface area is 117 Å². The first kappa shape index (κ1) is 16.4. The number of amides is 1. The van der Waals surface area contributed by atoms with Crippen molar-refractivity contribution in [2.24, 2.45) is 0 Å². The molecule has 0 bridgehead atoms. The Morgan fingerprint density at radius 1 is 1.47 bits per heavy atom. The van der Waals surface area contributed by atoms with Crippen LogP contribution in [0.5, 0.6) is 0 Å². The summed E-state index contributed by atoms with van der Waals surface area (Å²) < 4.78 is 5.82. The number of hydrogen-bond donors (Lipinski definition) is 2. The highest BCUT2D eigenvalue weighted by Crippen LogP contribution is 2.27. The molecule has 112 valence electrons. The molecule has 1 saturated heterocycles. The normalized spacial score (nSPS) is 28.9. The second kappa shape index (κ2) is 7.85. The summed E-state index contributed by atoms with van der Waals surface area (Å²) in [7, 11) is 0. The molecule has 0 saturated carbocycles. The molecule has 4 heteroatoms. The Bertz CT molecular complexity index is 283. The average Bonchev–Trinajstić information content (AvgIpc) is 2.38. The predicted octanol–water partition coefficient (Wildman–Crippen LogP) is 2.23. The minimum atomic E-state index is 0.00883. The van der Waals surface area contributed by atoms with Gasteiger partial charge in [-0.25, -0.2) is 0 Å². The fraction of sp³-hybridized carbons (Fsp3) is 0.933. The Kier molecular flexibility index (Phi) is 6.80. The third-order valence-electron chi connectivity index (χ3n) is 4.15. The molecule has 0 aromatic rings. The van der Waals surface area contributed by atoms with Gasteiger partial charge >= 0.3 is 0 Å². The Balaban J connectivity index is 2.20. The molecule has 1 aliphatic heterocycles. The van der Waals surface area contributed by atoms with Crippen molar-refractivity contribution >= 4 is 5.91 Å². The molecule has 0 aromatic carbocycles. The van der Waals surface area contributed by atoms with Crippen LogP contribution in [0.4, 0.5) is 0 Å². The van der Waals surface area contributed by atoms with Crippen molar-refractivity contribution in [2.75, 3.05) is 13.2 Å². The zero-order valence-corrected chi connectivity index (χ0v) is 12.9. The lowest BCUT2D eigenvalue weighted by Gasteiger charge is -2.38. The molecule has 3 atom stereocenters. The summed E-state index contributed by atoms with van der Waals surface area (Å²) >= 11 is 0. The van der Waals surface area contributed by atoms with Crippen LogP contribution in [0, 0.1) is 0 Å². The maximum absolute atomic E-state index is 11.7. The lowest BCUT2D eigenvalue weighted by atomic mass is 9.90. The van der Waals surface area contributed by atoms with E-state index >= 15 is 0 Å². The van der Waals surface area contributed by atoms with Crippen molar-refractivity contribution in [2.45, 2.75) is 77.5 Å². The lowest BCUT2D eigenvalue weighted by Crippen LogP contribution is -2.46. The van der Waals surface area contributed by atoms with Crippen molar-refractivity contribution in [3.63, 3.8) is 0 Å². The average molecular weight is 270 g/mol. The van der Waals surface area contributed by atoms with Gasteiger partial charge < -0.3 is 15.4 Å². The van der Waals surface area contributed by atoms with Crippen molar-refractivity contribution in [1.82, 2.24) is 10.6 Å². The van der Waals surface area contributed by atoms with Crippen LogP contribution in [-0.2, 0) is 9.53 Å². The second-order valence-electron chi connectivity index (χ2n) is 5.92. The zero-order chi connectivity index (χ0) is 14.3. The quantitative estimate of drug-likeness (QED) is 0.746. The maximum Gasteiger partial charge on any atom is 0.221 e. The topological polar surface area (TPSA) is 50.4 Å². The van der Waals surface area contributed by atoms with Crippen LogP contribution in [0.2, 0.25) is 0 Å². The van der Waals surface area contributed by atoms with E-state index in [1.807, 2.05) is 6.92 Å². The molecule has 1 rings (SSSR count). The monoisotopic (exact) mass is 270 g/mol.